The Hall–Kier alpha value is -1.61. The van der Waals surface area contributed by atoms with Crippen LogP contribution in [0.5, 0.6) is 0 Å². The molecule has 6 aliphatic rings. The van der Waals surface area contributed by atoms with Crippen molar-refractivity contribution in [3.63, 3.8) is 0 Å². The molecule has 5 fully saturated rings. The Labute approximate surface area is 249 Å². The molecule has 6 aliphatic carbocycles. The Balaban J connectivity index is 1.22. The Morgan fingerprint density at radius 3 is 2.15 bits per heavy atom. The molecule has 0 aliphatic heterocycles. The minimum atomic E-state index is -0.263. The van der Waals surface area contributed by atoms with Crippen LogP contribution >= 0.6 is 0 Å². The third-order valence-corrected chi connectivity index (χ3v) is 15.6. The smallest absolute Gasteiger partial charge is 0.337 e. The zero-order chi connectivity index (χ0) is 29.2. The highest BCUT2D eigenvalue weighted by Gasteiger charge is 2.71. The molecule has 1 aromatic carbocycles. The lowest BCUT2D eigenvalue weighted by Gasteiger charge is -2.72. The highest BCUT2D eigenvalue weighted by atomic mass is 16.5. The molecule has 0 aromatic heterocycles. The van der Waals surface area contributed by atoms with Gasteiger partial charge in [-0.1, -0.05) is 59.8 Å². The van der Waals surface area contributed by atoms with Gasteiger partial charge in [-0.2, -0.15) is 0 Å². The van der Waals surface area contributed by atoms with E-state index in [-0.39, 0.29) is 16.9 Å². The lowest BCUT2D eigenvalue weighted by molar-refractivity contribution is -0.219. The minimum Gasteiger partial charge on any atom is -0.465 e. The van der Waals surface area contributed by atoms with Gasteiger partial charge in [0.2, 0.25) is 0 Å². The van der Waals surface area contributed by atoms with E-state index >= 15 is 0 Å². The van der Waals surface area contributed by atoms with Gasteiger partial charge in [-0.25, -0.2) is 4.79 Å². The molecule has 0 bridgehead atoms. The summed E-state index contributed by atoms with van der Waals surface area (Å²) in [6.07, 6.45) is 17.3. The molecule has 0 amide bonds. The van der Waals surface area contributed by atoms with Crippen molar-refractivity contribution in [1.82, 2.24) is 0 Å². The van der Waals surface area contributed by atoms with Gasteiger partial charge in [0.05, 0.1) is 12.7 Å². The molecule has 224 valence electrons. The Morgan fingerprint density at radius 2 is 1.49 bits per heavy atom. The van der Waals surface area contributed by atoms with Crippen molar-refractivity contribution in [2.45, 2.75) is 118 Å². The van der Waals surface area contributed by atoms with Crippen molar-refractivity contribution in [3.8, 4) is 0 Å². The number of allylic oxidation sites excluding steroid dienone is 2. The summed E-state index contributed by atoms with van der Waals surface area (Å²) in [4.78, 5) is 12.1. The van der Waals surface area contributed by atoms with Crippen molar-refractivity contribution < 1.29 is 9.53 Å². The van der Waals surface area contributed by atoms with Crippen molar-refractivity contribution in [3.05, 3.63) is 41.5 Å². The fourth-order valence-corrected chi connectivity index (χ4v) is 13.0. The van der Waals surface area contributed by atoms with Gasteiger partial charge in [-0.05, 0) is 151 Å². The van der Waals surface area contributed by atoms with E-state index in [1.165, 1.54) is 88.9 Å². The van der Waals surface area contributed by atoms with E-state index in [2.05, 4.69) is 59.8 Å². The molecular weight excluding hydrogens is 502 g/mol. The molecule has 9 atom stereocenters. The average Bonchev–Trinajstić information content (AvgIpc) is 3.57. The second-order valence-electron chi connectivity index (χ2n) is 17.3. The second kappa shape index (κ2) is 8.73. The quantitative estimate of drug-likeness (QED) is 0.377. The van der Waals surface area contributed by atoms with E-state index in [4.69, 9.17) is 10.5 Å². The summed E-state index contributed by atoms with van der Waals surface area (Å²) in [5.74, 6) is 3.55. The Bertz CT molecular complexity index is 1270. The summed E-state index contributed by atoms with van der Waals surface area (Å²) in [7, 11) is 1.45. The van der Waals surface area contributed by atoms with Gasteiger partial charge in [0.1, 0.15) is 0 Å². The van der Waals surface area contributed by atoms with Crippen LogP contribution in [-0.4, -0.2) is 18.6 Å². The maximum Gasteiger partial charge on any atom is 0.337 e. The summed E-state index contributed by atoms with van der Waals surface area (Å²) in [6.45, 7) is 15.8. The van der Waals surface area contributed by atoms with E-state index in [0.717, 1.165) is 23.7 Å². The fourth-order valence-electron chi connectivity index (χ4n) is 13.0. The molecule has 41 heavy (non-hydrogen) atoms. The van der Waals surface area contributed by atoms with Crippen LogP contribution in [0.25, 0.3) is 5.57 Å². The van der Waals surface area contributed by atoms with Gasteiger partial charge in [0.15, 0.2) is 0 Å². The van der Waals surface area contributed by atoms with E-state index in [1.807, 2.05) is 12.1 Å². The van der Waals surface area contributed by atoms with Gasteiger partial charge in [0, 0.05) is 5.54 Å². The van der Waals surface area contributed by atoms with Crippen LogP contribution in [0.2, 0.25) is 0 Å². The molecule has 7 rings (SSSR count). The molecule has 1 unspecified atom stereocenters. The van der Waals surface area contributed by atoms with Gasteiger partial charge < -0.3 is 10.5 Å². The number of fused-ring (bicyclic) bond motifs is 7. The first-order valence-electron chi connectivity index (χ1n) is 16.9. The van der Waals surface area contributed by atoms with Crippen LogP contribution in [0.3, 0.4) is 0 Å². The number of nitrogens with two attached hydrogens (primary N) is 1. The third kappa shape index (κ3) is 3.63. The monoisotopic (exact) mass is 557 g/mol. The molecule has 0 saturated heterocycles. The Kier molecular flexibility index (Phi) is 6.00. The van der Waals surface area contributed by atoms with Crippen molar-refractivity contribution in [2.75, 3.05) is 7.11 Å². The largest absolute Gasteiger partial charge is 0.465 e. The predicted octanol–water partition coefficient (Wildman–Crippen LogP) is 9.06. The van der Waals surface area contributed by atoms with E-state index in [0.29, 0.717) is 33.1 Å². The number of carbonyl (C=O) groups excluding carboxylic acids is 1. The predicted molar refractivity (Wildman–Crippen MR) is 167 cm³/mol. The SMILES string of the molecule is COC(=O)c1ccc(C2=CC[C@]3(C)[C@H]4CCC5[C@H]6[C@H](C7(C)CC7)CC[C@]6(N)CC[C@@]5(C)[C@]4(C)CC[C@H]3C2(C)C)cc1. The molecule has 0 spiro atoms. The summed E-state index contributed by atoms with van der Waals surface area (Å²) < 4.78 is 4.95. The second-order valence-corrected chi connectivity index (χ2v) is 17.3. The lowest BCUT2D eigenvalue weighted by atomic mass is 9.33. The summed E-state index contributed by atoms with van der Waals surface area (Å²) in [5, 5.41) is 0. The zero-order valence-electron chi connectivity index (χ0n) is 26.9. The molecule has 1 aromatic rings. The number of benzene rings is 1. The van der Waals surface area contributed by atoms with Gasteiger partial charge >= 0.3 is 5.97 Å². The summed E-state index contributed by atoms with van der Waals surface area (Å²) in [6, 6.07) is 8.15. The number of hydrogen-bond donors (Lipinski definition) is 1. The first-order chi connectivity index (χ1) is 19.2. The highest BCUT2D eigenvalue weighted by Crippen LogP contribution is 2.77. The van der Waals surface area contributed by atoms with E-state index < -0.39 is 0 Å². The number of carbonyl (C=O) groups is 1. The number of ether oxygens (including phenoxy) is 1. The van der Waals surface area contributed by atoms with Crippen LogP contribution in [-0.2, 0) is 4.74 Å². The standard InChI is InChI=1S/C38H55NO2/c1-33(2)26(24-8-10-25(11-9-24)32(40)41-7)14-17-35(4)29(33)16-18-37(6)30(35)13-12-28-31-27(34(3)20-21-34)15-19-38(31,39)23-22-36(28,37)5/h8-11,14,27-31H,12-13,15-23,39H2,1-7H3/t27-,28?,29+,30-,31-,35+,36-,37-,38+/m1/s1. The molecule has 3 heteroatoms. The van der Waals surface area contributed by atoms with Crippen LogP contribution in [0.4, 0.5) is 0 Å². The fraction of sp³-hybridized carbons (Fsp3) is 0.763. The van der Waals surface area contributed by atoms with Crippen molar-refractivity contribution >= 4 is 11.5 Å². The first kappa shape index (κ1) is 28.2. The van der Waals surface area contributed by atoms with Crippen LogP contribution in [0.15, 0.2) is 30.3 Å². The third-order valence-electron chi connectivity index (χ3n) is 15.6. The van der Waals surface area contributed by atoms with Crippen LogP contribution < -0.4 is 5.73 Å². The lowest BCUT2D eigenvalue weighted by Crippen LogP contribution is -2.67. The molecule has 0 heterocycles. The number of methoxy groups -OCH3 is 1. The number of esters is 1. The summed E-state index contributed by atoms with van der Waals surface area (Å²) >= 11 is 0. The number of hydrogen-bond acceptors (Lipinski definition) is 3. The highest BCUT2D eigenvalue weighted by molar-refractivity contribution is 5.89. The normalized spacial score (nSPS) is 47.2. The molecule has 0 radical (unpaired) electrons. The maximum atomic E-state index is 12.1. The number of rotatable bonds is 3. The molecular formula is C38H55NO2. The average molecular weight is 558 g/mol. The van der Waals surface area contributed by atoms with E-state index in [1.54, 1.807) is 0 Å². The Morgan fingerprint density at radius 1 is 0.780 bits per heavy atom. The van der Waals surface area contributed by atoms with Gasteiger partial charge in [0.25, 0.3) is 0 Å². The first-order valence-corrected chi connectivity index (χ1v) is 16.9. The molecule has 3 nitrogen and oxygen atoms in total. The van der Waals surface area contributed by atoms with E-state index in [9.17, 15) is 4.79 Å². The van der Waals surface area contributed by atoms with Crippen molar-refractivity contribution in [2.24, 2.45) is 62.4 Å². The summed E-state index contributed by atoms with van der Waals surface area (Å²) in [5.41, 5.74) is 12.6. The maximum absolute atomic E-state index is 12.1. The molecule has 2 N–H and O–H groups in total. The van der Waals surface area contributed by atoms with Gasteiger partial charge in [-0.15, -0.1) is 0 Å². The topological polar surface area (TPSA) is 52.3 Å². The van der Waals surface area contributed by atoms with Crippen LogP contribution in [0.1, 0.15) is 128 Å². The molecule has 5 saturated carbocycles. The minimum absolute atomic E-state index is 0.0922. The van der Waals surface area contributed by atoms with Crippen molar-refractivity contribution in [1.29, 1.82) is 0 Å². The van der Waals surface area contributed by atoms with Gasteiger partial charge in [-0.3, -0.25) is 0 Å². The zero-order valence-corrected chi connectivity index (χ0v) is 26.9. The van der Waals surface area contributed by atoms with Crippen LogP contribution in [0, 0.1) is 56.7 Å².